The zero-order valence-electron chi connectivity index (χ0n) is 9.90. The highest BCUT2D eigenvalue weighted by Gasteiger charge is 2.34. The number of hydrogen-bond acceptors (Lipinski definition) is 5. The van der Waals surface area contributed by atoms with Gasteiger partial charge in [0.2, 0.25) is 0 Å². The van der Waals surface area contributed by atoms with Crippen LogP contribution in [0.3, 0.4) is 0 Å². The lowest BCUT2D eigenvalue weighted by Gasteiger charge is -2.08. The van der Waals surface area contributed by atoms with Crippen LogP contribution in [0.25, 0.3) is 5.82 Å². The van der Waals surface area contributed by atoms with Crippen molar-refractivity contribution >= 4 is 11.8 Å². The summed E-state index contributed by atoms with van der Waals surface area (Å²) in [4.78, 5) is 23.8. The SMILES string of the molecule is O=C(O)c1ccc(C(F)(F)F)nc1-n1ccc([N+](=O)[O-])n1. The lowest BCUT2D eigenvalue weighted by atomic mass is 10.2. The number of rotatable bonds is 3. The summed E-state index contributed by atoms with van der Waals surface area (Å²) in [5.41, 5.74) is -1.90. The Morgan fingerprint density at radius 1 is 1.33 bits per heavy atom. The van der Waals surface area contributed by atoms with E-state index in [1.807, 2.05) is 0 Å². The number of carboxylic acid groups (broad SMARTS) is 1. The van der Waals surface area contributed by atoms with Crippen LogP contribution >= 0.6 is 0 Å². The largest absolute Gasteiger partial charge is 0.478 e. The van der Waals surface area contributed by atoms with Crippen LogP contribution < -0.4 is 0 Å². The van der Waals surface area contributed by atoms with E-state index in [0.29, 0.717) is 16.8 Å². The number of hydrogen-bond donors (Lipinski definition) is 1. The fourth-order valence-corrected chi connectivity index (χ4v) is 1.48. The Hall–Kier alpha value is -2.98. The van der Waals surface area contributed by atoms with Gasteiger partial charge in [0.25, 0.3) is 0 Å². The van der Waals surface area contributed by atoms with E-state index in [2.05, 4.69) is 10.1 Å². The quantitative estimate of drug-likeness (QED) is 0.684. The van der Waals surface area contributed by atoms with Crippen LogP contribution in [-0.4, -0.2) is 30.8 Å². The van der Waals surface area contributed by atoms with Gasteiger partial charge in [-0.05, 0) is 17.1 Å². The molecule has 0 aliphatic rings. The number of halogens is 3. The van der Waals surface area contributed by atoms with E-state index in [1.54, 1.807) is 0 Å². The minimum absolute atomic E-state index is 0.505. The third-order valence-electron chi connectivity index (χ3n) is 2.38. The molecule has 0 aliphatic heterocycles. The van der Waals surface area contributed by atoms with Crippen LogP contribution in [0.2, 0.25) is 0 Å². The van der Waals surface area contributed by atoms with Gasteiger partial charge in [-0.3, -0.25) is 0 Å². The van der Waals surface area contributed by atoms with Crippen molar-refractivity contribution in [2.24, 2.45) is 0 Å². The summed E-state index contributed by atoms with van der Waals surface area (Å²) in [7, 11) is 0. The van der Waals surface area contributed by atoms with Crippen molar-refractivity contribution in [3.63, 3.8) is 0 Å². The Kier molecular flexibility index (Phi) is 3.33. The van der Waals surface area contributed by atoms with E-state index in [1.165, 1.54) is 0 Å². The number of nitrogens with zero attached hydrogens (tertiary/aromatic N) is 4. The Morgan fingerprint density at radius 3 is 2.48 bits per heavy atom. The van der Waals surface area contributed by atoms with Gasteiger partial charge < -0.3 is 15.2 Å². The monoisotopic (exact) mass is 302 g/mol. The molecule has 0 fully saturated rings. The molecule has 8 nitrogen and oxygen atoms in total. The van der Waals surface area contributed by atoms with Gasteiger partial charge in [-0.15, -0.1) is 4.68 Å². The predicted octanol–water partition coefficient (Wildman–Crippen LogP) is 1.89. The lowest BCUT2D eigenvalue weighted by Crippen LogP contribution is -2.14. The molecule has 0 spiro atoms. The summed E-state index contributed by atoms with van der Waals surface area (Å²) in [6, 6.07) is 2.12. The maximum Gasteiger partial charge on any atom is 0.433 e. The van der Waals surface area contributed by atoms with Gasteiger partial charge in [-0.1, -0.05) is 0 Å². The van der Waals surface area contributed by atoms with Crippen molar-refractivity contribution < 1.29 is 28.0 Å². The summed E-state index contributed by atoms with van der Waals surface area (Å²) in [5.74, 6) is -2.85. The van der Waals surface area contributed by atoms with Crippen molar-refractivity contribution in [3.8, 4) is 5.82 Å². The fraction of sp³-hybridized carbons (Fsp3) is 0.100. The molecule has 2 heterocycles. The molecule has 0 saturated heterocycles. The Labute approximate surface area is 113 Å². The Balaban J connectivity index is 2.62. The zero-order chi connectivity index (χ0) is 15.8. The molecule has 110 valence electrons. The van der Waals surface area contributed by atoms with Crippen LogP contribution in [0.4, 0.5) is 19.0 Å². The number of aromatic nitrogens is 3. The van der Waals surface area contributed by atoms with Crippen LogP contribution in [0, 0.1) is 10.1 Å². The third-order valence-corrected chi connectivity index (χ3v) is 2.38. The Morgan fingerprint density at radius 2 is 2.00 bits per heavy atom. The van der Waals surface area contributed by atoms with Crippen molar-refractivity contribution in [1.29, 1.82) is 0 Å². The highest BCUT2D eigenvalue weighted by molar-refractivity contribution is 5.91. The zero-order valence-corrected chi connectivity index (χ0v) is 9.90. The molecule has 0 amide bonds. The van der Waals surface area contributed by atoms with Crippen molar-refractivity contribution in [1.82, 2.24) is 14.8 Å². The van der Waals surface area contributed by atoms with Gasteiger partial charge in [0.1, 0.15) is 11.3 Å². The first-order valence-corrected chi connectivity index (χ1v) is 5.22. The molecule has 2 rings (SSSR count). The molecule has 0 bridgehead atoms. The summed E-state index contributed by atoms with van der Waals surface area (Å²) in [6.45, 7) is 0. The van der Waals surface area contributed by atoms with Gasteiger partial charge in [0.05, 0.1) is 17.4 Å². The molecule has 21 heavy (non-hydrogen) atoms. The molecular formula is C10H5F3N4O4. The summed E-state index contributed by atoms with van der Waals surface area (Å²) < 4.78 is 38.4. The molecule has 0 saturated carbocycles. The molecule has 2 aromatic rings. The summed E-state index contributed by atoms with van der Waals surface area (Å²) in [5, 5.41) is 22.8. The van der Waals surface area contributed by atoms with Gasteiger partial charge in [0, 0.05) is 0 Å². The van der Waals surface area contributed by atoms with E-state index in [-0.39, 0.29) is 0 Å². The molecular weight excluding hydrogens is 297 g/mol. The second-order valence-corrected chi connectivity index (χ2v) is 3.75. The molecule has 0 atom stereocenters. The second kappa shape index (κ2) is 4.85. The first-order valence-electron chi connectivity index (χ1n) is 5.22. The smallest absolute Gasteiger partial charge is 0.433 e. The first-order chi connectivity index (χ1) is 9.70. The number of alkyl halides is 3. The first kappa shape index (κ1) is 14.4. The Bertz CT molecular complexity index is 725. The average molecular weight is 302 g/mol. The standard InChI is InChI=1S/C10H5F3N4O4/c11-10(12,13)6-2-1-5(9(18)19)8(14-6)16-4-3-7(15-16)17(20)21/h1-4H,(H,18,19). The maximum atomic E-state index is 12.6. The number of carboxylic acids is 1. The molecule has 1 N–H and O–H groups in total. The average Bonchev–Trinajstić information content (AvgIpc) is 2.86. The van der Waals surface area contributed by atoms with E-state index in [0.717, 1.165) is 12.3 Å². The van der Waals surface area contributed by atoms with Crippen molar-refractivity contribution in [2.75, 3.05) is 0 Å². The summed E-state index contributed by atoms with van der Waals surface area (Å²) >= 11 is 0. The van der Waals surface area contributed by atoms with E-state index in [9.17, 15) is 28.1 Å². The van der Waals surface area contributed by atoms with Gasteiger partial charge in [-0.25, -0.2) is 9.78 Å². The molecule has 0 aliphatic carbocycles. The number of nitro groups is 1. The normalized spacial score (nSPS) is 11.4. The molecule has 0 radical (unpaired) electrons. The lowest BCUT2D eigenvalue weighted by molar-refractivity contribution is -0.389. The van der Waals surface area contributed by atoms with E-state index >= 15 is 0 Å². The van der Waals surface area contributed by atoms with Gasteiger partial charge in [0.15, 0.2) is 5.82 Å². The maximum absolute atomic E-state index is 12.6. The highest BCUT2D eigenvalue weighted by Crippen LogP contribution is 2.29. The van der Waals surface area contributed by atoms with E-state index in [4.69, 9.17) is 5.11 Å². The number of carbonyl (C=O) groups is 1. The molecule has 0 unspecified atom stereocenters. The summed E-state index contributed by atoms with van der Waals surface area (Å²) in [6.07, 6.45) is -3.84. The fourth-order valence-electron chi connectivity index (χ4n) is 1.48. The topological polar surface area (TPSA) is 111 Å². The van der Waals surface area contributed by atoms with Crippen LogP contribution in [0.1, 0.15) is 16.1 Å². The second-order valence-electron chi connectivity index (χ2n) is 3.75. The third kappa shape index (κ3) is 2.80. The number of aromatic carboxylic acids is 1. The van der Waals surface area contributed by atoms with Crippen LogP contribution in [-0.2, 0) is 6.18 Å². The van der Waals surface area contributed by atoms with Crippen LogP contribution in [0.5, 0.6) is 0 Å². The van der Waals surface area contributed by atoms with Crippen LogP contribution in [0.15, 0.2) is 24.4 Å². The molecule has 11 heteroatoms. The highest BCUT2D eigenvalue weighted by atomic mass is 19.4. The van der Waals surface area contributed by atoms with Gasteiger partial charge in [-0.2, -0.15) is 13.2 Å². The number of pyridine rings is 1. The predicted molar refractivity (Wildman–Crippen MR) is 60.0 cm³/mol. The van der Waals surface area contributed by atoms with Gasteiger partial charge >= 0.3 is 18.0 Å². The molecule has 0 aromatic carbocycles. The van der Waals surface area contributed by atoms with E-state index < -0.39 is 40.0 Å². The van der Waals surface area contributed by atoms with Crippen molar-refractivity contribution in [2.45, 2.75) is 6.18 Å². The minimum Gasteiger partial charge on any atom is -0.478 e. The minimum atomic E-state index is -4.79. The van der Waals surface area contributed by atoms with Crippen molar-refractivity contribution in [3.05, 3.63) is 45.8 Å². The molecule has 2 aromatic heterocycles.